The molecule has 2 heterocycles. The highest BCUT2D eigenvalue weighted by atomic mass is 16.5. The van der Waals surface area contributed by atoms with Gasteiger partial charge in [0.25, 0.3) is 0 Å². The molecule has 17 heavy (non-hydrogen) atoms. The molecule has 3 nitrogen and oxygen atoms in total. The van der Waals surface area contributed by atoms with E-state index >= 15 is 0 Å². The van der Waals surface area contributed by atoms with E-state index in [0.717, 1.165) is 18.7 Å². The Hall–Kier alpha value is -0.120. The first kappa shape index (κ1) is 13.3. The molecule has 2 rings (SSSR count). The molecule has 0 radical (unpaired) electrons. The van der Waals surface area contributed by atoms with Crippen molar-refractivity contribution in [1.29, 1.82) is 0 Å². The fourth-order valence-corrected chi connectivity index (χ4v) is 3.47. The van der Waals surface area contributed by atoms with E-state index in [9.17, 15) is 0 Å². The number of hydrogen-bond acceptors (Lipinski definition) is 3. The largest absolute Gasteiger partial charge is 0.383 e. The van der Waals surface area contributed by atoms with Gasteiger partial charge in [0.1, 0.15) is 0 Å². The zero-order chi connectivity index (χ0) is 12.1. The van der Waals surface area contributed by atoms with Crippen molar-refractivity contribution in [3.05, 3.63) is 0 Å². The number of piperidine rings is 1. The number of fused-ring (bicyclic) bond motifs is 1. The second kappa shape index (κ2) is 6.72. The van der Waals surface area contributed by atoms with Gasteiger partial charge >= 0.3 is 0 Å². The first-order valence-electron chi connectivity index (χ1n) is 7.32. The van der Waals surface area contributed by atoms with Crippen LogP contribution in [-0.4, -0.2) is 49.8 Å². The van der Waals surface area contributed by atoms with Gasteiger partial charge in [-0.1, -0.05) is 13.3 Å². The maximum atomic E-state index is 5.31. The lowest BCUT2D eigenvalue weighted by molar-refractivity contribution is 0.126. The number of methoxy groups -OCH3 is 1. The first-order valence-corrected chi connectivity index (χ1v) is 7.32. The molecule has 0 aromatic rings. The fraction of sp³-hybridized carbons (Fsp3) is 1.00. The Kier molecular flexibility index (Phi) is 5.26. The topological polar surface area (TPSA) is 24.5 Å². The molecular weight excluding hydrogens is 212 g/mol. The van der Waals surface area contributed by atoms with Crippen LogP contribution in [0.5, 0.6) is 0 Å². The highest BCUT2D eigenvalue weighted by Gasteiger charge is 2.32. The molecule has 0 amide bonds. The molecule has 3 unspecified atom stereocenters. The quantitative estimate of drug-likeness (QED) is 0.769. The van der Waals surface area contributed by atoms with Gasteiger partial charge in [0.05, 0.1) is 6.61 Å². The van der Waals surface area contributed by atoms with Gasteiger partial charge in [-0.25, -0.2) is 0 Å². The number of rotatable bonds is 6. The Morgan fingerprint density at radius 3 is 3.00 bits per heavy atom. The van der Waals surface area contributed by atoms with Crippen molar-refractivity contribution in [2.24, 2.45) is 0 Å². The van der Waals surface area contributed by atoms with Crippen molar-refractivity contribution in [3.8, 4) is 0 Å². The van der Waals surface area contributed by atoms with E-state index < -0.39 is 0 Å². The molecule has 0 aliphatic carbocycles. The molecular formula is C14H28N2O. The van der Waals surface area contributed by atoms with Crippen LogP contribution in [-0.2, 0) is 4.74 Å². The van der Waals surface area contributed by atoms with Gasteiger partial charge in [0.2, 0.25) is 0 Å². The lowest BCUT2D eigenvalue weighted by Crippen LogP contribution is -2.49. The summed E-state index contributed by atoms with van der Waals surface area (Å²) < 4.78 is 5.31. The van der Waals surface area contributed by atoms with Crippen LogP contribution in [0.4, 0.5) is 0 Å². The molecule has 2 fully saturated rings. The molecule has 0 saturated carbocycles. The van der Waals surface area contributed by atoms with E-state index in [0.29, 0.717) is 6.04 Å². The number of ether oxygens (including phenoxy) is 1. The van der Waals surface area contributed by atoms with Crippen LogP contribution in [0.3, 0.4) is 0 Å². The van der Waals surface area contributed by atoms with Crippen LogP contribution in [0.15, 0.2) is 0 Å². The minimum absolute atomic E-state index is 0.558. The summed E-state index contributed by atoms with van der Waals surface area (Å²) in [4.78, 5) is 2.68. The number of hydrogen-bond donors (Lipinski definition) is 1. The van der Waals surface area contributed by atoms with Crippen LogP contribution in [0.1, 0.15) is 45.4 Å². The molecule has 0 aromatic carbocycles. The van der Waals surface area contributed by atoms with Crippen molar-refractivity contribution in [2.75, 3.05) is 26.8 Å². The molecule has 2 aliphatic rings. The molecule has 2 aliphatic heterocycles. The first-order chi connectivity index (χ1) is 8.33. The normalized spacial score (nSPS) is 31.4. The van der Waals surface area contributed by atoms with Gasteiger partial charge in [-0.05, 0) is 45.2 Å². The van der Waals surface area contributed by atoms with E-state index in [1.54, 1.807) is 0 Å². The van der Waals surface area contributed by atoms with Crippen molar-refractivity contribution in [1.82, 2.24) is 10.2 Å². The van der Waals surface area contributed by atoms with Gasteiger partial charge in [-0.2, -0.15) is 0 Å². The third-order valence-electron chi connectivity index (χ3n) is 4.30. The van der Waals surface area contributed by atoms with Crippen LogP contribution in [0.25, 0.3) is 0 Å². The molecule has 2 saturated heterocycles. The molecule has 3 atom stereocenters. The summed E-state index contributed by atoms with van der Waals surface area (Å²) in [6.07, 6.45) is 7.97. The summed E-state index contributed by atoms with van der Waals surface area (Å²) in [6.45, 7) is 5.75. The Morgan fingerprint density at radius 1 is 1.35 bits per heavy atom. The third-order valence-corrected chi connectivity index (χ3v) is 4.30. The fourth-order valence-electron chi connectivity index (χ4n) is 3.47. The smallest absolute Gasteiger partial charge is 0.0615 e. The molecule has 0 aromatic heterocycles. The van der Waals surface area contributed by atoms with Crippen LogP contribution >= 0.6 is 0 Å². The number of nitrogens with zero attached hydrogens (tertiary/aromatic N) is 1. The van der Waals surface area contributed by atoms with Crippen LogP contribution < -0.4 is 5.32 Å². The van der Waals surface area contributed by atoms with E-state index in [1.807, 2.05) is 7.11 Å². The summed E-state index contributed by atoms with van der Waals surface area (Å²) in [5.41, 5.74) is 0. The zero-order valence-corrected chi connectivity index (χ0v) is 11.5. The maximum absolute atomic E-state index is 5.31. The zero-order valence-electron chi connectivity index (χ0n) is 11.5. The number of nitrogens with one attached hydrogen (secondary N) is 1. The van der Waals surface area contributed by atoms with Gasteiger partial charge in [0.15, 0.2) is 0 Å². The van der Waals surface area contributed by atoms with E-state index in [4.69, 9.17) is 4.74 Å². The summed E-state index contributed by atoms with van der Waals surface area (Å²) in [5, 5.41) is 3.82. The maximum Gasteiger partial charge on any atom is 0.0615 e. The summed E-state index contributed by atoms with van der Waals surface area (Å²) >= 11 is 0. The van der Waals surface area contributed by atoms with Crippen molar-refractivity contribution < 1.29 is 4.74 Å². The summed E-state index contributed by atoms with van der Waals surface area (Å²) in [7, 11) is 1.81. The highest BCUT2D eigenvalue weighted by molar-refractivity contribution is 4.90. The van der Waals surface area contributed by atoms with Crippen molar-refractivity contribution in [2.45, 2.75) is 63.6 Å². The summed E-state index contributed by atoms with van der Waals surface area (Å²) in [6, 6.07) is 2.15. The molecule has 100 valence electrons. The van der Waals surface area contributed by atoms with Gasteiger partial charge in [-0.3, -0.25) is 0 Å². The molecule has 3 heteroatoms. The van der Waals surface area contributed by atoms with E-state index in [-0.39, 0.29) is 0 Å². The van der Waals surface area contributed by atoms with Crippen LogP contribution in [0, 0.1) is 0 Å². The van der Waals surface area contributed by atoms with Crippen molar-refractivity contribution in [3.63, 3.8) is 0 Å². The lowest BCUT2D eigenvalue weighted by atomic mass is 9.96. The molecule has 1 N–H and O–H groups in total. The highest BCUT2D eigenvalue weighted by Crippen LogP contribution is 2.27. The lowest BCUT2D eigenvalue weighted by Gasteiger charge is -2.37. The second-order valence-electron chi connectivity index (χ2n) is 5.66. The predicted molar refractivity (Wildman–Crippen MR) is 71.3 cm³/mol. The predicted octanol–water partition coefficient (Wildman–Crippen LogP) is 2.02. The Balaban J connectivity index is 1.77. The minimum Gasteiger partial charge on any atom is -0.383 e. The Morgan fingerprint density at radius 2 is 2.24 bits per heavy atom. The van der Waals surface area contributed by atoms with Crippen LogP contribution in [0.2, 0.25) is 0 Å². The monoisotopic (exact) mass is 240 g/mol. The van der Waals surface area contributed by atoms with Crippen molar-refractivity contribution >= 4 is 0 Å². The van der Waals surface area contributed by atoms with Gasteiger partial charge < -0.3 is 15.0 Å². The van der Waals surface area contributed by atoms with E-state index in [1.165, 1.54) is 51.6 Å². The molecule has 0 bridgehead atoms. The SMILES string of the molecule is CCCC(COC)NC1CCN2CCCC2C1. The average Bonchev–Trinajstić information content (AvgIpc) is 2.77. The second-order valence-corrected chi connectivity index (χ2v) is 5.66. The molecule has 0 spiro atoms. The Bertz CT molecular complexity index is 216. The minimum atomic E-state index is 0.558. The third kappa shape index (κ3) is 3.67. The average molecular weight is 240 g/mol. The van der Waals surface area contributed by atoms with Gasteiger partial charge in [-0.15, -0.1) is 0 Å². The summed E-state index contributed by atoms with van der Waals surface area (Å²) in [5.74, 6) is 0. The van der Waals surface area contributed by atoms with Gasteiger partial charge in [0, 0.05) is 25.2 Å². The standard InChI is InChI=1S/C14H28N2O/c1-3-5-13(11-17-2)15-12-7-9-16-8-4-6-14(16)10-12/h12-15H,3-11H2,1-2H3. The van der Waals surface area contributed by atoms with E-state index in [2.05, 4.69) is 17.1 Å². The Labute approximate surface area is 106 Å².